The van der Waals surface area contributed by atoms with E-state index in [2.05, 4.69) is 66.4 Å². The van der Waals surface area contributed by atoms with Gasteiger partial charge in [-0.05, 0) is 61.2 Å². The fourth-order valence-electron chi connectivity index (χ4n) is 4.29. The summed E-state index contributed by atoms with van der Waals surface area (Å²) < 4.78 is 5.91. The number of rotatable bonds is 12. The van der Waals surface area contributed by atoms with Gasteiger partial charge < -0.3 is 20.4 Å². The second kappa shape index (κ2) is 13.7. The molecule has 4 aromatic rings. The molecule has 0 aliphatic carbocycles. The van der Waals surface area contributed by atoms with E-state index in [0.717, 1.165) is 31.6 Å². The maximum absolute atomic E-state index is 5.91. The summed E-state index contributed by atoms with van der Waals surface area (Å²) in [7, 11) is 0. The Kier molecular flexibility index (Phi) is 10.4. The number of aryl methyl sites for hydroxylation is 1. The number of ether oxygens (including phenoxy) is 1. The fourth-order valence-corrected chi connectivity index (χ4v) is 4.29. The number of nitrogens with two attached hydrogens (primary N) is 1. The quantitative estimate of drug-likeness (QED) is 0.196. The molecule has 0 aliphatic heterocycles. The van der Waals surface area contributed by atoms with E-state index in [1.54, 1.807) is 0 Å². The summed E-state index contributed by atoms with van der Waals surface area (Å²) in [6.07, 6.45) is 15.3. The van der Waals surface area contributed by atoms with E-state index in [-0.39, 0.29) is 0 Å². The molecule has 2 heterocycles. The maximum atomic E-state index is 5.91. The molecule has 0 saturated carbocycles. The van der Waals surface area contributed by atoms with Crippen molar-refractivity contribution in [2.75, 3.05) is 13.2 Å². The van der Waals surface area contributed by atoms with Crippen LogP contribution in [0.4, 0.5) is 0 Å². The Hall–Kier alpha value is -2.72. The largest absolute Gasteiger partial charge is 0.494 e. The highest BCUT2D eigenvalue weighted by atomic mass is 16.5. The van der Waals surface area contributed by atoms with Crippen molar-refractivity contribution in [1.82, 2.24) is 9.97 Å². The SMILES string of the molecule is CCCCCCCCOc1ccc2[nH]cc(CCC)c2c1.NCCc1c[nH]c2ccccc12. The molecule has 0 spiro atoms. The number of aromatic nitrogens is 2. The number of H-pyrrole nitrogens is 2. The topological polar surface area (TPSA) is 66.8 Å². The molecule has 4 heteroatoms. The summed E-state index contributed by atoms with van der Waals surface area (Å²) in [5.74, 6) is 1.01. The van der Waals surface area contributed by atoms with Gasteiger partial charge in [-0.2, -0.15) is 0 Å². The summed E-state index contributed by atoms with van der Waals surface area (Å²) in [4.78, 5) is 6.56. The predicted molar refractivity (Wildman–Crippen MR) is 142 cm³/mol. The average Bonchev–Trinajstić information content (AvgIpc) is 3.44. The molecule has 0 bridgehead atoms. The summed E-state index contributed by atoms with van der Waals surface area (Å²) >= 11 is 0. The van der Waals surface area contributed by atoms with Gasteiger partial charge in [0.2, 0.25) is 0 Å². The van der Waals surface area contributed by atoms with Crippen molar-refractivity contribution < 1.29 is 4.74 Å². The molecule has 0 radical (unpaired) electrons. The normalized spacial score (nSPS) is 11.0. The summed E-state index contributed by atoms with van der Waals surface area (Å²) in [5.41, 5.74) is 10.6. The van der Waals surface area contributed by atoms with Gasteiger partial charge in [0.05, 0.1) is 6.61 Å². The highest BCUT2D eigenvalue weighted by Gasteiger charge is 2.04. The number of aromatic amines is 2. The molecule has 33 heavy (non-hydrogen) atoms. The lowest BCUT2D eigenvalue weighted by molar-refractivity contribution is 0.305. The maximum Gasteiger partial charge on any atom is 0.120 e. The molecule has 178 valence electrons. The molecule has 0 amide bonds. The standard InChI is InChI=1S/C19H29NO.C10H12N2/c1-3-5-6-7-8-9-13-21-17-11-12-19-18(14-17)16(10-4-2)15-20-19;11-6-5-8-7-12-10-4-2-1-3-9(8)10/h11-12,14-15,20H,3-10,13H2,1-2H3;1-4,7,12H,5-6,11H2. The third kappa shape index (κ3) is 7.40. The van der Waals surface area contributed by atoms with Crippen molar-refractivity contribution in [3.05, 3.63) is 66.0 Å². The molecule has 4 N–H and O–H groups in total. The second-order valence-corrected chi connectivity index (χ2v) is 8.79. The first-order chi connectivity index (χ1) is 16.3. The minimum Gasteiger partial charge on any atom is -0.494 e. The van der Waals surface area contributed by atoms with Crippen LogP contribution in [0.25, 0.3) is 21.8 Å². The summed E-state index contributed by atoms with van der Waals surface area (Å²) in [5, 5.41) is 2.61. The number of benzene rings is 2. The first-order valence-electron chi connectivity index (χ1n) is 12.7. The Balaban J connectivity index is 0.000000215. The lowest BCUT2D eigenvalue weighted by Crippen LogP contribution is -2.01. The Labute approximate surface area is 198 Å². The lowest BCUT2D eigenvalue weighted by Gasteiger charge is -2.07. The molecule has 4 rings (SSSR count). The van der Waals surface area contributed by atoms with Gasteiger partial charge in [-0.1, -0.05) is 70.6 Å². The lowest BCUT2D eigenvalue weighted by atomic mass is 10.1. The third-order valence-corrected chi connectivity index (χ3v) is 6.11. The average molecular weight is 448 g/mol. The summed E-state index contributed by atoms with van der Waals surface area (Å²) in [6, 6.07) is 14.7. The smallest absolute Gasteiger partial charge is 0.120 e. The molecule has 0 atom stereocenters. The van der Waals surface area contributed by atoms with E-state index in [0.29, 0.717) is 6.54 Å². The van der Waals surface area contributed by atoms with Crippen LogP contribution >= 0.6 is 0 Å². The van der Waals surface area contributed by atoms with Crippen molar-refractivity contribution in [2.24, 2.45) is 5.73 Å². The third-order valence-electron chi connectivity index (χ3n) is 6.11. The van der Waals surface area contributed by atoms with Crippen LogP contribution in [0, 0.1) is 0 Å². The molecule has 2 aromatic heterocycles. The van der Waals surface area contributed by atoms with Gasteiger partial charge in [-0.3, -0.25) is 0 Å². The van der Waals surface area contributed by atoms with E-state index in [4.69, 9.17) is 10.5 Å². The van der Waals surface area contributed by atoms with Gasteiger partial charge in [0.15, 0.2) is 0 Å². The number of nitrogens with one attached hydrogen (secondary N) is 2. The van der Waals surface area contributed by atoms with Gasteiger partial charge in [-0.15, -0.1) is 0 Å². The Morgan fingerprint density at radius 1 is 0.727 bits per heavy atom. The van der Waals surface area contributed by atoms with Crippen LogP contribution in [0.5, 0.6) is 5.75 Å². The molecular formula is C29H41N3O. The fraction of sp³-hybridized carbons (Fsp3) is 0.448. The first-order valence-corrected chi connectivity index (χ1v) is 12.7. The van der Waals surface area contributed by atoms with E-state index < -0.39 is 0 Å². The molecule has 0 fully saturated rings. The van der Waals surface area contributed by atoms with E-state index in [1.807, 2.05) is 12.3 Å². The van der Waals surface area contributed by atoms with Gasteiger partial charge >= 0.3 is 0 Å². The molecule has 0 unspecified atom stereocenters. The van der Waals surface area contributed by atoms with Crippen LogP contribution in [-0.4, -0.2) is 23.1 Å². The van der Waals surface area contributed by atoms with Crippen molar-refractivity contribution in [3.8, 4) is 5.75 Å². The minimum atomic E-state index is 0.710. The van der Waals surface area contributed by atoms with Gasteiger partial charge in [0.25, 0.3) is 0 Å². The number of hydrogen-bond acceptors (Lipinski definition) is 2. The van der Waals surface area contributed by atoms with Crippen molar-refractivity contribution in [2.45, 2.75) is 71.6 Å². The van der Waals surface area contributed by atoms with Crippen LogP contribution in [0.2, 0.25) is 0 Å². The second-order valence-electron chi connectivity index (χ2n) is 8.79. The van der Waals surface area contributed by atoms with Crippen LogP contribution in [-0.2, 0) is 12.8 Å². The van der Waals surface area contributed by atoms with Gasteiger partial charge in [-0.25, -0.2) is 0 Å². The zero-order chi connectivity index (χ0) is 23.3. The number of hydrogen-bond donors (Lipinski definition) is 3. The van der Waals surface area contributed by atoms with E-state index in [9.17, 15) is 0 Å². The zero-order valence-electron chi connectivity index (χ0n) is 20.5. The van der Waals surface area contributed by atoms with Crippen LogP contribution in [0.3, 0.4) is 0 Å². The zero-order valence-corrected chi connectivity index (χ0v) is 20.5. The predicted octanol–water partition coefficient (Wildman–Crippen LogP) is 7.53. The molecule has 2 aromatic carbocycles. The Morgan fingerprint density at radius 2 is 1.42 bits per heavy atom. The van der Waals surface area contributed by atoms with Crippen LogP contribution in [0.15, 0.2) is 54.9 Å². The van der Waals surface area contributed by atoms with Gasteiger partial charge in [0, 0.05) is 34.2 Å². The number of para-hydroxylation sites is 1. The van der Waals surface area contributed by atoms with E-state index >= 15 is 0 Å². The highest BCUT2D eigenvalue weighted by molar-refractivity contribution is 5.84. The number of unbranched alkanes of at least 4 members (excludes halogenated alkanes) is 5. The summed E-state index contributed by atoms with van der Waals surface area (Å²) in [6.45, 7) is 6.03. The highest BCUT2D eigenvalue weighted by Crippen LogP contribution is 2.25. The molecule has 0 saturated heterocycles. The van der Waals surface area contributed by atoms with Crippen molar-refractivity contribution >= 4 is 21.8 Å². The van der Waals surface area contributed by atoms with Crippen LogP contribution < -0.4 is 10.5 Å². The first kappa shape index (κ1) is 24.9. The van der Waals surface area contributed by atoms with Crippen molar-refractivity contribution in [1.29, 1.82) is 0 Å². The van der Waals surface area contributed by atoms with Crippen molar-refractivity contribution in [3.63, 3.8) is 0 Å². The molecule has 0 aliphatic rings. The number of fused-ring (bicyclic) bond motifs is 2. The minimum absolute atomic E-state index is 0.710. The van der Waals surface area contributed by atoms with E-state index in [1.165, 1.54) is 71.5 Å². The Morgan fingerprint density at radius 3 is 2.18 bits per heavy atom. The monoisotopic (exact) mass is 447 g/mol. The molecular weight excluding hydrogens is 406 g/mol. The Bertz CT molecular complexity index is 1080. The molecule has 4 nitrogen and oxygen atoms in total. The van der Waals surface area contributed by atoms with Gasteiger partial charge in [0.1, 0.15) is 5.75 Å². The van der Waals surface area contributed by atoms with Crippen LogP contribution in [0.1, 0.15) is 69.9 Å².